The molecule has 0 aromatic rings. The molecule has 0 aromatic carbocycles. The Morgan fingerprint density at radius 2 is 1.88 bits per heavy atom. The fourth-order valence-electron chi connectivity index (χ4n) is 1.94. The molecule has 0 heterocycles. The fraction of sp³-hybridized carbons (Fsp3) is 0.833. The van der Waals surface area contributed by atoms with Gasteiger partial charge in [-0.3, -0.25) is 9.59 Å². The zero-order chi connectivity index (χ0) is 12.0. The zero-order valence-corrected chi connectivity index (χ0v) is 10.2. The maximum absolute atomic E-state index is 11.6. The third-order valence-electron chi connectivity index (χ3n) is 3.05. The third kappa shape index (κ3) is 3.93. The monoisotopic (exact) mass is 227 g/mol. The first-order chi connectivity index (χ1) is 7.67. The van der Waals surface area contributed by atoms with E-state index in [1.807, 2.05) is 13.8 Å². The summed E-state index contributed by atoms with van der Waals surface area (Å²) in [5, 5.41) is 0. The molecule has 0 aromatic heterocycles. The van der Waals surface area contributed by atoms with E-state index in [4.69, 9.17) is 4.74 Å². The van der Waals surface area contributed by atoms with Crippen LogP contribution in [0, 0.1) is 0 Å². The number of hydrogen-bond donors (Lipinski definition) is 0. The van der Waals surface area contributed by atoms with Crippen LogP contribution in [0.25, 0.3) is 0 Å². The highest BCUT2D eigenvalue weighted by Crippen LogP contribution is 2.17. The highest BCUT2D eigenvalue weighted by molar-refractivity contribution is 5.79. The van der Waals surface area contributed by atoms with Crippen LogP contribution in [0.3, 0.4) is 0 Å². The number of Topliss-reactive ketones (excluding diaryl/α,β-unsaturated/α-hetero) is 1. The first-order valence-corrected chi connectivity index (χ1v) is 6.08. The summed E-state index contributed by atoms with van der Waals surface area (Å²) >= 11 is 0. The van der Waals surface area contributed by atoms with E-state index < -0.39 is 0 Å². The Morgan fingerprint density at radius 1 is 1.31 bits per heavy atom. The number of amides is 1. The van der Waals surface area contributed by atoms with E-state index in [-0.39, 0.29) is 18.6 Å². The lowest BCUT2D eigenvalue weighted by Gasteiger charge is -2.23. The van der Waals surface area contributed by atoms with Crippen molar-refractivity contribution < 1.29 is 14.3 Å². The van der Waals surface area contributed by atoms with Gasteiger partial charge in [-0.05, 0) is 26.7 Å². The molecule has 0 N–H and O–H groups in total. The molecule has 92 valence electrons. The van der Waals surface area contributed by atoms with E-state index in [1.54, 1.807) is 4.90 Å². The fourth-order valence-corrected chi connectivity index (χ4v) is 1.94. The van der Waals surface area contributed by atoms with Gasteiger partial charge in [0, 0.05) is 25.9 Å². The van der Waals surface area contributed by atoms with Crippen molar-refractivity contribution in [3.05, 3.63) is 0 Å². The lowest BCUT2D eigenvalue weighted by molar-refractivity contribution is -0.139. The maximum atomic E-state index is 11.6. The number of ketones is 1. The topological polar surface area (TPSA) is 46.6 Å². The summed E-state index contributed by atoms with van der Waals surface area (Å²) in [6.07, 6.45) is 2.83. The molecule has 0 bridgehead atoms. The Morgan fingerprint density at radius 3 is 2.38 bits per heavy atom. The Kier molecular flexibility index (Phi) is 5.46. The smallest absolute Gasteiger partial charge is 0.248 e. The van der Waals surface area contributed by atoms with Gasteiger partial charge in [0.15, 0.2) is 0 Å². The molecule has 16 heavy (non-hydrogen) atoms. The Labute approximate surface area is 96.9 Å². The molecule has 0 aliphatic heterocycles. The van der Waals surface area contributed by atoms with Crippen LogP contribution in [0.2, 0.25) is 0 Å². The van der Waals surface area contributed by atoms with E-state index in [0.29, 0.717) is 18.6 Å². The Hall–Kier alpha value is -0.900. The van der Waals surface area contributed by atoms with Crippen LogP contribution in [0.4, 0.5) is 0 Å². The molecular weight excluding hydrogens is 206 g/mol. The molecule has 0 unspecified atom stereocenters. The molecule has 0 atom stereocenters. The molecule has 0 spiro atoms. The van der Waals surface area contributed by atoms with Crippen molar-refractivity contribution in [2.45, 2.75) is 45.6 Å². The van der Waals surface area contributed by atoms with E-state index in [2.05, 4.69) is 0 Å². The molecule has 1 amide bonds. The molecule has 4 heteroatoms. The molecule has 0 saturated heterocycles. The second-order valence-electron chi connectivity index (χ2n) is 4.12. The predicted molar refractivity (Wildman–Crippen MR) is 61.1 cm³/mol. The molecule has 1 fully saturated rings. The summed E-state index contributed by atoms with van der Waals surface area (Å²) in [5.41, 5.74) is 0. The number of carbonyl (C=O) groups excluding carboxylic acids is 2. The first-order valence-electron chi connectivity index (χ1n) is 6.08. The Balaban J connectivity index is 2.23. The summed E-state index contributed by atoms with van der Waals surface area (Å²) in [5.74, 6) is 0.358. The molecular formula is C12H21NO3. The third-order valence-corrected chi connectivity index (χ3v) is 3.05. The summed E-state index contributed by atoms with van der Waals surface area (Å²) in [6.45, 7) is 5.52. The minimum absolute atomic E-state index is 0.0434. The molecule has 1 aliphatic rings. The molecule has 1 aliphatic carbocycles. The van der Waals surface area contributed by atoms with Gasteiger partial charge in [0.2, 0.25) is 5.91 Å². The summed E-state index contributed by atoms with van der Waals surface area (Å²) in [7, 11) is 0. The van der Waals surface area contributed by atoms with Gasteiger partial charge in [-0.15, -0.1) is 0 Å². The van der Waals surface area contributed by atoms with Crippen molar-refractivity contribution >= 4 is 11.7 Å². The second kappa shape index (κ2) is 6.63. The van der Waals surface area contributed by atoms with E-state index in [0.717, 1.165) is 25.9 Å². The van der Waals surface area contributed by atoms with Crippen LogP contribution < -0.4 is 0 Å². The lowest BCUT2D eigenvalue weighted by atomic mass is 9.96. The van der Waals surface area contributed by atoms with Crippen molar-refractivity contribution in [3.8, 4) is 0 Å². The van der Waals surface area contributed by atoms with E-state index >= 15 is 0 Å². The highest BCUT2D eigenvalue weighted by atomic mass is 16.5. The standard InChI is InChI=1S/C12H21NO3/c1-3-13(4-2)12(15)9-16-11-7-5-10(14)6-8-11/h11H,3-9H2,1-2H3. The molecule has 1 rings (SSSR count). The largest absolute Gasteiger partial charge is 0.368 e. The summed E-state index contributed by atoms with van der Waals surface area (Å²) in [6, 6.07) is 0. The number of ether oxygens (including phenoxy) is 1. The van der Waals surface area contributed by atoms with E-state index in [9.17, 15) is 9.59 Å². The van der Waals surface area contributed by atoms with Crippen molar-refractivity contribution in [2.75, 3.05) is 19.7 Å². The van der Waals surface area contributed by atoms with Crippen molar-refractivity contribution in [1.82, 2.24) is 4.90 Å². The molecule has 0 radical (unpaired) electrons. The van der Waals surface area contributed by atoms with Gasteiger partial charge in [-0.1, -0.05) is 0 Å². The first kappa shape index (κ1) is 13.2. The van der Waals surface area contributed by atoms with Crippen molar-refractivity contribution in [1.29, 1.82) is 0 Å². The van der Waals surface area contributed by atoms with Gasteiger partial charge in [0.1, 0.15) is 12.4 Å². The van der Waals surface area contributed by atoms with Gasteiger partial charge < -0.3 is 9.64 Å². The molecule has 1 saturated carbocycles. The van der Waals surface area contributed by atoms with Crippen molar-refractivity contribution in [2.24, 2.45) is 0 Å². The number of hydrogen-bond acceptors (Lipinski definition) is 3. The van der Waals surface area contributed by atoms with Gasteiger partial charge in [-0.2, -0.15) is 0 Å². The zero-order valence-electron chi connectivity index (χ0n) is 10.2. The number of carbonyl (C=O) groups is 2. The van der Waals surface area contributed by atoms with Crippen molar-refractivity contribution in [3.63, 3.8) is 0 Å². The predicted octanol–water partition coefficient (Wildman–Crippen LogP) is 1.38. The van der Waals surface area contributed by atoms with Crippen LogP contribution in [-0.2, 0) is 14.3 Å². The Bertz CT molecular complexity index is 239. The van der Waals surface area contributed by atoms with Crippen LogP contribution in [0.1, 0.15) is 39.5 Å². The normalized spacial score (nSPS) is 17.5. The SMILES string of the molecule is CCN(CC)C(=O)COC1CCC(=O)CC1. The van der Waals surface area contributed by atoms with Gasteiger partial charge in [-0.25, -0.2) is 0 Å². The number of rotatable bonds is 5. The van der Waals surface area contributed by atoms with Gasteiger partial charge in [0.05, 0.1) is 6.10 Å². The van der Waals surface area contributed by atoms with Gasteiger partial charge in [0.25, 0.3) is 0 Å². The summed E-state index contributed by atoms with van der Waals surface area (Å²) < 4.78 is 5.53. The average Bonchev–Trinajstić information content (AvgIpc) is 2.30. The average molecular weight is 227 g/mol. The second-order valence-corrected chi connectivity index (χ2v) is 4.12. The summed E-state index contributed by atoms with van der Waals surface area (Å²) in [4.78, 5) is 24.4. The minimum atomic E-state index is 0.0434. The maximum Gasteiger partial charge on any atom is 0.248 e. The lowest BCUT2D eigenvalue weighted by Crippen LogP contribution is -2.35. The highest BCUT2D eigenvalue weighted by Gasteiger charge is 2.20. The quantitative estimate of drug-likeness (QED) is 0.713. The van der Waals surface area contributed by atoms with Crippen LogP contribution in [0.5, 0.6) is 0 Å². The minimum Gasteiger partial charge on any atom is -0.368 e. The van der Waals surface area contributed by atoms with Crippen LogP contribution in [0.15, 0.2) is 0 Å². The van der Waals surface area contributed by atoms with Crippen LogP contribution >= 0.6 is 0 Å². The van der Waals surface area contributed by atoms with Crippen LogP contribution in [-0.4, -0.2) is 42.4 Å². The number of nitrogens with zero attached hydrogens (tertiary/aromatic N) is 1. The van der Waals surface area contributed by atoms with Gasteiger partial charge >= 0.3 is 0 Å². The van der Waals surface area contributed by atoms with E-state index in [1.165, 1.54) is 0 Å². The molecule has 4 nitrogen and oxygen atoms in total. The number of likely N-dealkylation sites (N-methyl/N-ethyl adjacent to an activating group) is 1.